The third kappa shape index (κ3) is 4.53. The van der Waals surface area contributed by atoms with E-state index in [-0.39, 0.29) is 23.8 Å². The second-order valence-electron chi connectivity index (χ2n) is 8.26. The second-order valence-corrected chi connectivity index (χ2v) is 8.26. The Morgan fingerprint density at radius 1 is 1.22 bits per heavy atom. The highest BCUT2D eigenvalue weighted by molar-refractivity contribution is 5.95. The Kier molecular flexibility index (Phi) is 6.02. The Balaban J connectivity index is 1.37. The lowest BCUT2D eigenvalue weighted by Gasteiger charge is -2.36. The number of nitrogens with one attached hydrogen (secondary N) is 3. The maximum absolute atomic E-state index is 15.0. The van der Waals surface area contributed by atoms with Crippen molar-refractivity contribution in [3.8, 4) is 0 Å². The molecule has 0 spiro atoms. The molecule has 2 aliphatic heterocycles. The number of benzene rings is 1. The van der Waals surface area contributed by atoms with Crippen molar-refractivity contribution in [2.45, 2.75) is 25.3 Å². The molecule has 9 nitrogen and oxygen atoms in total. The van der Waals surface area contributed by atoms with Crippen molar-refractivity contribution >= 4 is 29.2 Å². The van der Waals surface area contributed by atoms with E-state index >= 15 is 0 Å². The average Bonchev–Trinajstić information content (AvgIpc) is 3.37. The number of halogens is 1. The van der Waals surface area contributed by atoms with Gasteiger partial charge in [-0.15, -0.1) is 0 Å². The van der Waals surface area contributed by atoms with Crippen LogP contribution in [0.4, 0.5) is 15.9 Å². The first kappa shape index (κ1) is 21.7. The number of H-pyrrole nitrogens is 1. The molecule has 3 heterocycles. The number of aromatic amines is 1. The Labute approximate surface area is 185 Å². The van der Waals surface area contributed by atoms with Gasteiger partial charge in [-0.25, -0.2) is 4.39 Å². The number of carbonyl (C=O) groups excluding carboxylic acids is 3. The van der Waals surface area contributed by atoms with Crippen LogP contribution in [0.25, 0.3) is 0 Å². The minimum atomic E-state index is -0.444. The van der Waals surface area contributed by atoms with Gasteiger partial charge in [0.05, 0.1) is 17.2 Å². The Morgan fingerprint density at radius 3 is 2.59 bits per heavy atom. The minimum Gasteiger partial charge on any atom is -0.385 e. The number of nitrogens with zero attached hydrogens (tertiary/aromatic N) is 2. The van der Waals surface area contributed by atoms with Gasteiger partial charge in [0.15, 0.2) is 0 Å². The van der Waals surface area contributed by atoms with Gasteiger partial charge in [0, 0.05) is 51.9 Å². The van der Waals surface area contributed by atoms with Gasteiger partial charge >= 0.3 is 0 Å². The van der Waals surface area contributed by atoms with Crippen LogP contribution in [0.2, 0.25) is 0 Å². The van der Waals surface area contributed by atoms with Gasteiger partial charge in [-0.1, -0.05) is 6.07 Å². The number of piperazine rings is 1. The number of nitrogen functional groups attached to an aromatic ring is 1. The fraction of sp³-hybridized carbons (Fsp3) is 0.409. The van der Waals surface area contributed by atoms with Crippen LogP contribution in [0.3, 0.4) is 0 Å². The second kappa shape index (κ2) is 8.89. The van der Waals surface area contributed by atoms with Crippen molar-refractivity contribution in [3.05, 3.63) is 47.4 Å². The highest BCUT2D eigenvalue weighted by Crippen LogP contribution is 2.31. The van der Waals surface area contributed by atoms with Crippen LogP contribution in [0.15, 0.2) is 30.5 Å². The van der Waals surface area contributed by atoms with E-state index in [1.807, 2.05) is 4.90 Å². The molecule has 3 amide bonds. The summed E-state index contributed by atoms with van der Waals surface area (Å²) < 4.78 is 15.0. The molecule has 2 aliphatic rings. The van der Waals surface area contributed by atoms with Gasteiger partial charge in [-0.2, -0.15) is 0 Å². The molecule has 5 N–H and O–H groups in total. The number of nitrogens with two attached hydrogens (primary N) is 1. The van der Waals surface area contributed by atoms with Crippen LogP contribution < -0.4 is 21.3 Å². The number of amides is 3. The molecule has 0 aliphatic carbocycles. The summed E-state index contributed by atoms with van der Waals surface area (Å²) in [6, 6.07) is 6.33. The van der Waals surface area contributed by atoms with E-state index in [0.717, 1.165) is 0 Å². The van der Waals surface area contributed by atoms with Crippen molar-refractivity contribution in [3.63, 3.8) is 0 Å². The lowest BCUT2D eigenvalue weighted by molar-refractivity contribution is -0.121. The lowest BCUT2D eigenvalue weighted by atomic mass is 9.95. The molecule has 1 unspecified atom stereocenters. The normalized spacial score (nSPS) is 20.9. The van der Waals surface area contributed by atoms with E-state index in [1.54, 1.807) is 29.3 Å². The molecule has 10 heteroatoms. The first-order valence-electron chi connectivity index (χ1n) is 10.6. The van der Waals surface area contributed by atoms with Crippen molar-refractivity contribution in [2.75, 3.05) is 43.4 Å². The zero-order valence-corrected chi connectivity index (χ0v) is 17.9. The van der Waals surface area contributed by atoms with E-state index in [1.165, 1.54) is 13.0 Å². The third-order valence-corrected chi connectivity index (χ3v) is 6.01. The number of aromatic nitrogens is 1. The van der Waals surface area contributed by atoms with E-state index < -0.39 is 11.7 Å². The molecule has 2 saturated heterocycles. The molecule has 1 aromatic carbocycles. The van der Waals surface area contributed by atoms with Crippen LogP contribution >= 0.6 is 0 Å². The van der Waals surface area contributed by atoms with Crippen LogP contribution in [0.5, 0.6) is 0 Å². The molecule has 1 aromatic heterocycles. The summed E-state index contributed by atoms with van der Waals surface area (Å²) in [5, 5.41) is 5.55. The zero-order chi connectivity index (χ0) is 22.8. The van der Waals surface area contributed by atoms with E-state index in [0.29, 0.717) is 61.8 Å². The Hall–Kier alpha value is -3.56. The van der Waals surface area contributed by atoms with E-state index in [4.69, 9.17) is 5.73 Å². The molecule has 2 aromatic rings. The number of rotatable bonds is 5. The monoisotopic (exact) mass is 442 g/mol. The molecule has 2 atom stereocenters. The number of carbonyl (C=O) groups is 3. The van der Waals surface area contributed by atoms with Gasteiger partial charge in [0.1, 0.15) is 11.6 Å². The fourth-order valence-electron chi connectivity index (χ4n) is 4.31. The molecular formula is C22H27FN6O3. The molecule has 0 radical (unpaired) electrons. The van der Waals surface area contributed by atoms with Crippen LogP contribution in [-0.4, -0.2) is 66.4 Å². The largest absolute Gasteiger partial charge is 0.385 e. The van der Waals surface area contributed by atoms with Crippen LogP contribution in [0, 0.1) is 5.82 Å². The highest BCUT2D eigenvalue weighted by atomic mass is 19.1. The summed E-state index contributed by atoms with van der Waals surface area (Å²) in [5.41, 5.74) is 7.23. The summed E-state index contributed by atoms with van der Waals surface area (Å²) in [5.74, 6) is -0.817. The summed E-state index contributed by atoms with van der Waals surface area (Å²) >= 11 is 0. The molecular weight excluding hydrogens is 415 g/mol. The average molecular weight is 442 g/mol. The van der Waals surface area contributed by atoms with Gasteiger partial charge in [0.25, 0.3) is 5.91 Å². The third-order valence-electron chi connectivity index (χ3n) is 6.01. The van der Waals surface area contributed by atoms with Crippen molar-refractivity contribution in [1.29, 1.82) is 0 Å². The summed E-state index contributed by atoms with van der Waals surface area (Å²) in [6.07, 6.45) is 2.09. The molecule has 32 heavy (non-hydrogen) atoms. The van der Waals surface area contributed by atoms with Gasteiger partial charge in [-0.05, 0) is 30.2 Å². The highest BCUT2D eigenvalue weighted by Gasteiger charge is 2.34. The maximum atomic E-state index is 15.0. The molecule has 170 valence electrons. The Morgan fingerprint density at radius 2 is 1.97 bits per heavy atom. The first-order valence-corrected chi connectivity index (χ1v) is 10.6. The Bertz CT molecular complexity index is 1030. The lowest BCUT2D eigenvalue weighted by Crippen LogP contribution is -2.49. The maximum Gasteiger partial charge on any atom is 0.255 e. The van der Waals surface area contributed by atoms with Crippen molar-refractivity contribution in [1.82, 2.24) is 20.5 Å². The van der Waals surface area contributed by atoms with Gasteiger partial charge in [0.2, 0.25) is 11.8 Å². The predicted octanol–water partition coefficient (Wildman–Crippen LogP) is 0.807. The quantitative estimate of drug-likeness (QED) is 0.546. The number of hydrogen-bond donors (Lipinski definition) is 4. The molecule has 0 saturated carbocycles. The summed E-state index contributed by atoms with van der Waals surface area (Å²) in [6.45, 7) is 3.74. The standard InChI is InChI=1S/C22H27FN6O3/c1-13(30)25-12-16-10-17(21(31)27-16)14-2-3-19(18(23)8-14)28-4-6-29(7-5-28)22(32)15-9-20(24)26-11-15/h2-3,8-9,11,16-17,26H,4-7,10,12,24H2,1H3,(H,25,30)(H,27,31)/t16?,17-/m0/s1. The van der Waals surface area contributed by atoms with E-state index in [2.05, 4.69) is 15.6 Å². The van der Waals surface area contributed by atoms with Crippen molar-refractivity contribution in [2.24, 2.45) is 0 Å². The summed E-state index contributed by atoms with van der Waals surface area (Å²) in [4.78, 5) is 42.4. The first-order chi connectivity index (χ1) is 15.3. The molecule has 4 rings (SSSR count). The molecule has 0 bridgehead atoms. The smallest absolute Gasteiger partial charge is 0.255 e. The fourth-order valence-corrected chi connectivity index (χ4v) is 4.31. The summed E-state index contributed by atoms with van der Waals surface area (Å²) in [7, 11) is 0. The van der Waals surface area contributed by atoms with Crippen molar-refractivity contribution < 1.29 is 18.8 Å². The number of hydrogen-bond acceptors (Lipinski definition) is 5. The van der Waals surface area contributed by atoms with Gasteiger partial charge in [-0.3, -0.25) is 14.4 Å². The zero-order valence-electron chi connectivity index (χ0n) is 17.9. The van der Waals surface area contributed by atoms with Gasteiger partial charge < -0.3 is 31.2 Å². The van der Waals surface area contributed by atoms with E-state index in [9.17, 15) is 18.8 Å². The van der Waals surface area contributed by atoms with Crippen LogP contribution in [-0.2, 0) is 9.59 Å². The van der Waals surface area contributed by atoms with Crippen LogP contribution in [0.1, 0.15) is 35.2 Å². The topological polar surface area (TPSA) is 124 Å². The molecule has 2 fully saturated rings. The SMILES string of the molecule is CC(=O)NCC1C[C@@H](c2ccc(N3CCN(C(=O)c4c[nH]c(N)c4)CC3)c(F)c2)C(=O)N1. The minimum absolute atomic E-state index is 0.102. The number of anilines is 2. The predicted molar refractivity (Wildman–Crippen MR) is 118 cm³/mol.